The molecule has 0 amide bonds. The summed E-state index contributed by atoms with van der Waals surface area (Å²) >= 11 is 0. The minimum atomic E-state index is 0.598. The van der Waals surface area contributed by atoms with Gasteiger partial charge in [0.15, 0.2) is 17.5 Å². The van der Waals surface area contributed by atoms with Gasteiger partial charge in [-0.1, -0.05) is 140 Å². The molecule has 10 aromatic rings. The lowest BCUT2D eigenvalue weighted by molar-refractivity contribution is 0.669. The number of fused-ring (bicyclic) bond motifs is 6. The molecule has 4 nitrogen and oxygen atoms in total. The van der Waals surface area contributed by atoms with Crippen LogP contribution in [0, 0.1) is 0 Å². The van der Waals surface area contributed by atoms with Crippen LogP contribution in [0.5, 0.6) is 0 Å². The molecule has 8 aromatic carbocycles. The number of nitrogens with zero attached hydrogens (tertiary/aromatic N) is 3. The molecule has 0 unspecified atom stereocenters. The fourth-order valence-corrected chi connectivity index (χ4v) is 8.01. The Morgan fingerprint density at radius 1 is 0.302 bits per heavy atom. The third-order valence-electron chi connectivity index (χ3n) is 10.4. The van der Waals surface area contributed by atoms with E-state index >= 15 is 0 Å². The second-order valence-corrected chi connectivity index (χ2v) is 13.6. The average Bonchev–Trinajstić information content (AvgIpc) is 3.78. The molecule has 0 fully saturated rings. The average molecular weight is 676 g/mol. The molecular weight excluding hydrogens is 647 g/mol. The highest BCUT2D eigenvalue weighted by atomic mass is 16.3. The molecule has 2 aromatic heterocycles. The van der Waals surface area contributed by atoms with Crippen LogP contribution in [0.2, 0.25) is 0 Å². The summed E-state index contributed by atoms with van der Waals surface area (Å²) in [5, 5.41) is 4.58. The third-order valence-corrected chi connectivity index (χ3v) is 10.4. The summed E-state index contributed by atoms with van der Waals surface area (Å²) in [6, 6.07) is 61.6. The molecule has 0 atom stereocenters. The zero-order chi connectivity index (χ0) is 34.9. The molecule has 0 saturated carbocycles. The van der Waals surface area contributed by atoms with Crippen molar-refractivity contribution in [3.8, 4) is 78.7 Å². The van der Waals surface area contributed by atoms with Crippen molar-refractivity contribution < 1.29 is 4.42 Å². The maximum Gasteiger partial charge on any atom is 0.164 e. The molecular formula is C49H29N3O. The van der Waals surface area contributed by atoms with Gasteiger partial charge < -0.3 is 4.42 Å². The van der Waals surface area contributed by atoms with E-state index in [0.29, 0.717) is 17.5 Å². The summed E-state index contributed by atoms with van der Waals surface area (Å²) in [6.07, 6.45) is 0. The topological polar surface area (TPSA) is 51.8 Å². The first kappa shape index (κ1) is 29.5. The van der Waals surface area contributed by atoms with Gasteiger partial charge in [0.2, 0.25) is 0 Å². The zero-order valence-corrected chi connectivity index (χ0v) is 28.5. The van der Waals surface area contributed by atoms with Gasteiger partial charge in [-0.2, -0.15) is 0 Å². The van der Waals surface area contributed by atoms with E-state index in [2.05, 4.69) is 140 Å². The van der Waals surface area contributed by atoms with E-state index < -0.39 is 0 Å². The lowest BCUT2D eigenvalue weighted by Crippen LogP contribution is -2.00. The van der Waals surface area contributed by atoms with E-state index in [-0.39, 0.29) is 0 Å². The molecule has 246 valence electrons. The van der Waals surface area contributed by atoms with Gasteiger partial charge >= 0.3 is 0 Å². The number of hydrogen-bond acceptors (Lipinski definition) is 4. The molecule has 1 aliphatic rings. The SMILES string of the molecule is c1ccc(-c2cccc(-c3nc(-c4cccc(-c5cc6c7c(cccc7c5)-c5ccccc5-6)c4)nc(-c4cccc5oc6ccccc6c45)n3)c2)cc1. The van der Waals surface area contributed by atoms with Crippen molar-refractivity contribution in [1.82, 2.24) is 15.0 Å². The quantitative estimate of drug-likeness (QED) is 0.182. The second-order valence-electron chi connectivity index (χ2n) is 13.6. The maximum absolute atomic E-state index is 6.28. The van der Waals surface area contributed by atoms with Crippen molar-refractivity contribution in [3.05, 3.63) is 176 Å². The predicted molar refractivity (Wildman–Crippen MR) is 216 cm³/mol. The molecule has 0 saturated heterocycles. The first-order valence-electron chi connectivity index (χ1n) is 17.9. The van der Waals surface area contributed by atoms with Crippen LogP contribution in [0.25, 0.3) is 111 Å². The number of aromatic nitrogens is 3. The molecule has 2 heterocycles. The molecule has 4 heteroatoms. The number of rotatable bonds is 5. The Hall–Kier alpha value is -7.17. The van der Waals surface area contributed by atoms with E-state index in [0.717, 1.165) is 60.9 Å². The maximum atomic E-state index is 6.28. The Morgan fingerprint density at radius 2 is 0.849 bits per heavy atom. The van der Waals surface area contributed by atoms with Gasteiger partial charge in [0.25, 0.3) is 0 Å². The van der Waals surface area contributed by atoms with Gasteiger partial charge in [0, 0.05) is 27.5 Å². The van der Waals surface area contributed by atoms with Crippen LogP contribution >= 0.6 is 0 Å². The first-order valence-corrected chi connectivity index (χ1v) is 17.9. The molecule has 0 bridgehead atoms. The molecule has 0 spiro atoms. The summed E-state index contributed by atoms with van der Waals surface area (Å²) in [4.78, 5) is 15.6. The molecule has 53 heavy (non-hydrogen) atoms. The van der Waals surface area contributed by atoms with Gasteiger partial charge in [-0.05, 0) is 91.7 Å². The summed E-state index contributed by atoms with van der Waals surface area (Å²) in [7, 11) is 0. The molecule has 0 aliphatic heterocycles. The van der Waals surface area contributed by atoms with Crippen LogP contribution in [0.3, 0.4) is 0 Å². The normalized spacial score (nSPS) is 11.8. The second kappa shape index (κ2) is 11.7. The van der Waals surface area contributed by atoms with Crippen molar-refractivity contribution in [1.29, 1.82) is 0 Å². The van der Waals surface area contributed by atoms with Crippen LogP contribution in [0.15, 0.2) is 180 Å². The highest BCUT2D eigenvalue weighted by Gasteiger charge is 2.22. The molecule has 1 aliphatic carbocycles. The Labute approximate surface area is 305 Å². The summed E-state index contributed by atoms with van der Waals surface area (Å²) in [6.45, 7) is 0. The third kappa shape index (κ3) is 4.80. The molecule has 11 rings (SSSR count). The van der Waals surface area contributed by atoms with Crippen LogP contribution in [-0.2, 0) is 0 Å². The van der Waals surface area contributed by atoms with Crippen molar-refractivity contribution in [2.45, 2.75) is 0 Å². The van der Waals surface area contributed by atoms with Gasteiger partial charge in [0.1, 0.15) is 11.2 Å². The highest BCUT2D eigenvalue weighted by molar-refractivity contribution is 6.16. The van der Waals surface area contributed by atoms with Crippen molar-refractivity contribution in [2.24, 2.45) is 0 Å². The predicted octanol–water partition coefficient (Wildman–Crippen LogP) is 12.9. The van der Waals surface area contributed by atoms with Crippen LogP contribution in [-0.4, -0.2) is 15.0 Å². The van der Waals surface area contributed by atoms with Gasteiger partial charge in [-0.15, -0.1) is 0 Å². The highest BCUT2D eigenvalue weighted by Crippen LogP contribution is 2.48. The van der Waals surface area contributed by atoms with E-state index in [1.807, 2.05) is 36.4 Å². The minimum Gasteiger partial charge on any atom is -0.456 e. The van der Waals surface area contributed by atoms with Crippen LogP contribution in [0.4, 0.5) is 0 Å². The number of benzene rings is 8. The minimum absolute atomic E-state index is 0.598. The number of hydrogen-bond donors (Lipinski definition) is 0. The van der Waals surface area contributed by atoms with E-state index in [1.165, 1.54) is 33.0 Å². The van der Waals surface area contributed by atoms with E-state index in [4.69, 9.17) is 19.4 Å². The Balaban J connectivity index is 1.10. The lowest BCUT2D eigenvalue weighted by Gasteiger charge is -2.12. The Kier molecular flexibility index (Phi) is 6.52. The lowest BCUT2D eigenvalue weighted by atomic mass is 9.95. The fraction of sp³-hybridized carbons (Fsp3) is 0. The largest absolute Gasteiger partial charge is 0.456 e. The molecule has 0 radical (unpaired) electrons. The Morgan fingerprint density at radius 3 is 1.64 bits per heavy atom. The smallest absolute Gasteiger partial charge is 0.164 e. The van der Waals surface area contributed by atoms with Crippen LogP contribution < -0.4 is 0 Å². The van der Waals surface area contributed by atoms with Crippen LogP contribution in [0.1, 0.15) is 0 Å². The first-order chi connectivity index (χ1) is 26.2. The van der Waals surface area contributed by atoms with E-state index in [9.17, 15) is 0 Å². The Bertz CT molecular complexity index is 3070. The monoisotopic (exact) mass is 675 g/mol. The summed E-state index contributed by atoms with van der Waals surface area (Å²) in [5.74, 6) is 1.82. The van der Waals surface area contributed by atoms with Gasteiger partial charge in [-0.3, -0.25) is 0 Å². The molecule has 0 N–H and O–H groups in total. The number of furan rings is 1. The number of para-hydroxylation sites is 1. The summed E-state index contributed by atoms with van der Waals surface area (Å²) < 4.78 is 6.28. The van der Waals surface area contributed by atoms with Crippen molar-refractivity contribution in [3.63, 3.8) is 0 Å². The van der Waals surface area contributed by atoms with Crippen molar-refractivity contribution >= 4 is 32.7 Å². The fourth-order valence-electron chi connectivity index (χ4n) is 8.01. The van der Waals surface area contributed by atoms with Gasteiger partial charge in [0.05, 0.1) is 0 Å². The summed E-state index contributed by atoms with van der Waals surface area (Å²) in [5.41, 5.74) is 14.0. The van der Waals surface area contributed by atoms with E-state index in [1.54, 1.807) is 0 Å². The van der Waals surface area contributed by atoms with Crippen molar-refractivity contribution in [2.75, 3.05) is 0 Å². The zero-order valence-electron chi connectivity index (χ0n) is 28.5. The standard InChI is InChI=1S/C49H29N3O/c1-2-12-30(13-3-1)31-14-8-17-34(26-31)47-50-48(52-49(51-47)41-23-11-25-44-46(41)40-21-6-7-24-43(40)53-44)35-18-9-15-32(27-35)36-28-33-16-10-22-39-37-19-4-5-20-38(37)42(29-36)45(33)39/h1-29H. The van der Waals surface area contributed by atoms with Gasteiger partial charge in [-0.25, -0.2) is 15.0 Å².